The molecule has 27 heavy (non-hydrogen) atoms. The van der Waals surface area contributed by atoms with Crippen molar-refractivity contribution in [2.45, 2.75) is 69.2 Å². The van der Waals surface area contributed by atoms with E-state index in [1.54, 1.807) is 0 Å². The number of hydrogen-bond acceptors (Lipinski definition) is 5. The molecule has 0 spiro atoms. The second kappa shape index (κ2) is 8.36. The Hall–Kier alpha value is -0.690. The van der Waals surface area contributed by atoms with Gasteiger partial charge < -0.3 is 14.8 Å². The molecule has 7 atom stereocenters. The minimum Gasteiger partial charge on any atom is -0.468 e. The van der Waals surface area contributed by atoms with E-state index >= 15 is 0 Å². The largest absolute Gasteiger partial charge is 0.468 e. The van der Waals surface area contributed by atoms with Crippen LogP contribution >= 0.6 is 0 Å². The molecule has 4 rings (SSSR count). The Morgan fingerprint density at radius 3 is 2.63 bits per heavy atom. The van der Waals surface area contributed by atoms with Gasteiger partial charge >= 0.3 is 5.97 Å². The fourth-order valence-corrected chi connectivity index (χ4v) is 6.67. The number of esters is 1. The maximum Gasteiger partial charge on any atom is 0.323 e. The summed E-state index contributed by atoms with van der Waals surface area (Å²) in [4.78, 5) is 17.5. The molecule has 0 bridgehead atoms. The number of quaternary nitrogens is 1. The van der Waals surface area contributed by atoms with Gasteiger partial charge in [-0.1, -0.05) is 12.8 Å². The standard InChI is InChI=1S/C21H37N3O3/c1-23-13-22-17-10-18(21(25)27-3)24(12-19(17)23)11-14-8-9-20(26-2)16-7-5-4-6-15(14)16/h14-20,22H,4-13H2,1-3H3/p+1/t14?,15?,16?,17?,18-,19?,20?/m0/s1. The van der Waals surface area contributed by atoms with Crippen LogP contribution in [0.1, 0.15) is 44.9 Å². The van der Waals surface area contributed by atoms with Crippen molar-refractivity contribution < 1.29 is 19.6 Å². The van der Waals surface area contributed by atoms with Crippen molar-refractivity contribution >= 4 is 5.97 Å². The van der Waals surface area contributed by atoms with Crippen LogP contribution in [0.2, 0.25) is 0 Å². The van der Waals surface area contributed by atoms with Crippen molar-refractivity contribution in [3.8, 4) is 0 Å². The van der Waals surface area contributed by atoms with Crippen LogP contribution in [0.4, 0.5) is 0 Å². The predicted octanol–water partition coefficient (Wildman–Crippen LogP) is 0.669. The van der Waals surface area contributed by atoms with Crippen LogP contribution in [0, 0.1) is 17.8 Å². The number of fused-ring (bicyclic) bond motifs is 2. The van der Waals surface area contributed by atoms with Gasteiger partial charge in [-0.05, 0) is 50.5 Å². The van der Waals surface area contributed by atoms with E-state index in [4.69, 9.17) is 9.47 Å². The molecular formula is C21H38N3O3+. The van der Waals surface area contributed by atoms with E-state index in [-0.39, 0.29) is 12.0 Å². The fraction of sp³-hybridized carbons (Fsp3) is 0.952. The van der Waals surface area contributed by atoms with Gasteiger partial charge in [-0.2, -0.15) is 0 Å². The van der Waals surface area contributed by atoms with E-state index < -0.39 is 0 Å². The average molecular weight is 381 g/mol. The van der Waals surface area contributed by atoms with Crippen molar-refractivity contribution in [3.63, 3.8) is 0 Å². The second-order valence-corrected chi connectivity index (χ2v) is 9.36. The second-order valence-electron chi connectivity index (χ2n) is 9.36. The monoisotopic (exact) mass is 380 g/mol. The molecule has 2 aliphatic carbocycles. The Morgan fingerprint density at radius 2 is 1.89 bits per heavy atom. The summed E-state index contributed by atoms with van der Waals surface area (Å²) in [5, 5.41) is 2.40. The van der Waals surface area contributed by atoms with Crippen LogP contribution in [-0.2, 0) is 14.3 Å². The van der Waals surface area contributed by atoms with Crippen molar-refractivity contribution in [1.29, 1.82) is 0 Å². The van der Waals surface area contributed by atoms with Crippen LogP contribution in [-0.4, -0.2) is 81.0 Å². The maximum atomic E-state index is 12.6. The number of nitrogens with zero attached hydrogens (tertiary/aromatic N) is 2. The number of piperidine rings is 1. The number of hydrogen-bond donors (Lipinski definition) is 1. The van der Waals surface area contributed by atoms with E-state index in [0.29, 0.717) is 24.1 Å². The third kappa shape index (κ3) is 3.78. The lowest BCUT2D eigenvalue weighted by atomic mass is 9.64. The minimum absolute atomic E-state index is 0.0397. The first-order valence-corrected chi connectivity index (χ1v) is 11.0. The summed E-state index contributed by atoms with van der Waals surface area (Å²) in [6.07, 6.45) is 9.16. The normalized spacial score (nSPS) is 43.1. The zero-order valence-corrected chi connectivity index (χ0v) is 17.3. The van der Waals surface area contributed by atoms with Crippen molar-refractivity contribution in [1.82, 2.24) is 9.80 Å². The van der Waals surface area contributed by atoms with E-state index in [1.165, 1.54) is 45.6 Å². The van der Waals surface area contributed by atoms with Crippen molar-refractivity contribution in [2.75, 3.05) is 41.0 Å². The van der Waals surface area contributed by atoms with Crippen molar-refractivity contribution in [2.24, 2.45) is 17.8 Å². The topological polar surface area (TPSA) is 58.6 Å². The number of likely N-dealkylation sites (tertiary alicyclic amines) is 1. The van der Waals surface area contributed by atoms with Crippen LogP contribution in [0.15, 0.2) is 0 Å². The summed E-state index contributed by atoms with van der Waals surface area (Å²) in [6, 6.07) is 1.02. The van der Waals surface area contributed by atoms with Gasteiger partial charge in [-0.25, -0.2) is 4.90 Å². The molecule has 6 nitrogen and oxygen atoms in total. The van der Waals surface area contributed by atoms with Gasteiger partial charge in [0.15, 0.2) is 0 Å². The van der Waals surface area contributed by atoms with Gasteiger partial charge in [0.25, 0.3) is 0 Å². The lowest BCUT2D eigenvalue weighted by molar-refractivity contribution is -0.678. The maximum absolute atomic E-state index is 12.6. The Balaban J connectivity index is 1.49. The lowest BCUT2D eigenvalue weighted by Crippen LogP contribution is -2.89. The molecule has 0 radical (unpaired) electrons. The smallest absolute Gasteiger partial charge is 0.323 e. The number of methoxy groups -OCH3 is 2. The molecule has 2 saturated carbocycles. The SMILES string of the molecule is COC(=O)[C@@H]1CC2[NH2+]CN(C)C2CN1CC1CCC(OC)C2CCCCC12. The van der Waals surface area contributed by atoms with Crippen molar-refractivity contribution in [3.05, 3.63) is 0 Å². The molecule has 0 aromatic carbocycles. The van der Waals surface area contributed by atoms with E-state index in [0.717, 1.165) is 38.0 Å². The first-order valence-electron chi connectivity index (χ1n) is 11.0. The third-order valence-electron chi connectivity index (χ3n) is 8.14. The van der Waals surface area contributed by atoms with E-state index in [1.807, 2.05) is 7.11 Å². The lowest BCUT2D eigenvalue weighted by Gasteiger charge is -2.48. The number of nitrogens with two attached hydrogens (primary N) is 1. The number of carbonyl (C=O) groups excluding carboxylic acids is 1. The summed E-state index contributed by atoms with van der Waals surface area (Å²) in [6.45, 7) is 3.09. The van der Waals surface area contributed by atoms with E-state index in [9.17, 15) is 4.79 Å². The molecule has 2 N–H and O–H groups in total. The molecule has 4 aliphatic rings. The number of ether oxygens (including phenoxy) is 2. The van der Waals surface area contributed by atoms with Crippen LogP contribution in [0.3, 0.4) is 0 Å². The zero-order chi connectivity index (χ0) is 19.0. The number of rotatable bonds is 4. The van der Waals surface area contributed by atoms with Gasteiger partial charge in [-0.15, -0.1) is 0 Å². The summed E-state index contributed by atoms with van der Waals surface area (Å²) < 4.78 is 11.0. The Bertz CT molecular complexity index is 531. The molecule has 154 valence electrons. The summed E-state index contributed by atoms with van der Waals surface area (Å²) in [7, 11) is 5.65. The zero-order valence-electron chi connectivity index (χ0n) is 17.3. The minimum atomic E-state index is -0.0683. The molecule has 4 fully saturated rings. The molecule has 2 heterocycles. The highest BCUT2D eigenvalue weighted by Crippen LogP contribution is 2.45. The molecule has 2 saturated heterocycles. The van der Waals surface area contributed by atoms with E-state index in [2.05, 4.69) is 22.2 Å². The highest BCUT2D eigenvalue weighted by molar-refractivity contribution is 5.75. The summed E-state index contributed by atoms with van der Waals surface area (Å²) in [5.74, 6) is 2.14. The van der Waals surface area contributed by atoms with Gasteiger partial charge in [0.1, 0.15) is 18.8 Å². The quantitative estimate of drug-likeness (QED) is 0.727. The fourth-order valence-electron chi connectivity index (χ4n) is 6.67. The molecule has 0 amide bonds. The molecule has 2 aliphatic heterocycles. The Morgan fingerprint density at radius 1 is 1.11 bits per heavy atom. The first kappa shape index (κ1) is 19.6. The highest BCUT2D eigenvalue weighted by Gasteiger charge is 2.48. The van der Waals surface area contributed by atoms with Crippen LogP contribution < -0.4 is 5.32 Å². The summed E-state index contributed by atoms with van der Waals surface area (Å²) >= 11 is 0. The Labute approximate surface area is 163 Å². The van der Waals surface area contributed by atoms with Gasteiger partial charge in [0.2, 0.25) is 0 Å². The third-order valence-corrected chi connectivity index (χ3v) is 8.14. The molecule has 6 unspecified atom stereocenters. The van der Waals surface area contributed by atoms with Crippen LogP contribution in [0.25, 0.3) is 0 Å². The van der Waals surface area contributed by atoms with Crippen LogP contribution in [0.5, 0.6) is 0 Å². The van der Waals surface area contributed by atoms with Gasteiger partial charge in [0.05, 0.1) is 19.3 Å². The predicted molar refractivity (Wildman–Crippen MR) is 103 cm³/mol. The first-order chi connectivity index (χ1) is 13.1. The molecule has 6 heteroatoms. The summed E-state index contributed by atoms with van der Waals surface area (Å²) in [5.41, 5.74) is 0. The number of carbonyl (C=O) groups is 1. The highest BCUT2D eigenvalue weighted by atomic mass is 16.5. The molecular weight excluding hydrogens is 342 g/mol. The van der Waals surface area contributed by atoms with Gasteiger partial charge in [-0.3, -0.25) is 9.69 Å². The average Bonchev–Trinajstić information content (AvgIpc) is 3.07. The molecule has 0 aromatic heterocycles. The molecule has 0 aromatic rings. The number of likely N-dealkylation sites (N-methyl/N-ethyl adjacent to an activating group) is 1. The van der Waals surface area contributed by atoms with Gasteiger partial charge in [0, 0.05) is 26.6 Å². The Kier molecular flexibility index (Phi) is 6.07.